The molecule has 1 aromatic heterocycles. The summed E-state index contributed by atoms with van der Waals surface area (Å²) in [5, 5.41) is 10.0. The Morgan fingerprint density at radius 1 is 0.800 bits per heavy atom. The van der Waals surface area contributed by atoms with E-state index in [4.69, 9.17) is 0 Å². The molecule has 3 aromatic carbocycles. The zero-order valence-corrected chi connectivity index (χ0v) is 14.4. The molecule has 4 rings (SSSR count). The van der Waals surface area contributed by atoms with Crippen molar-refractivity contribution in [3.05, 3.63) is 95.1 Å². The Labute approximate surface area is 147 Å². The van der Waals surface area contributed by atoms with Gasteiger partial charge in [0, 0.05) is 12.8 Å². The summed E-state index contributed by atoms with van der Waals surface area (Å²) in [5.74, 6) is 1.76. The molecule has 0 fully saturated rings. The Bertz CT molecular complexity index is 978. The minimum atomic E-state index is 0.743. The second-order valence-corrected chi connectivity index (χ2v) is 6.36. The normalized spacial score (nSPS) is 11.1. The number of hydrogen-bond acceptors (Lipinski definition) is 2. The number of fused-ring (bicyclic) bond motifs is 1. The lowest BCUT2D eigenvalue weighted by molar-refractivity contribution is 0.959. The SMILES string of the molecule is CCc1ccc(Cc2nc(Cc3cccc4ccccc34)n[nH]2)cc1. The molecule has 0 bridgehead atoms. The van der Waals surface area contributed by atoms with Crippen molar-refractivity contribution in [1.82, 2.24) is 15.2 Å². The molecule has 0 spiro atoms. The zero-order chi connectivity index (χ0) is 17.1. The molecule has 0 unspecified atom stereocenters. The number of nitrogens with zero attached hydrogens (tertiary/aromatic N) is 2. The highest BCUT2D eigenvalue weighted by molar-refractivity contribution is 5.85. The summed E-state index contributed by atoms with van der Waals surface area (Å²) in [4.78, 5) is 4.68. The maximum Gasteiger partial charge on any atom is 0.155 e. The van der Waals surface area contributed by atoms with Gasteiger partial charge in [0.05, 0.1) is 0 Å². The molecule has 0 aliphatic heterocycles. The van der Waals surface area contributed by atoms with E-state index in [0.717, 1.165) is 30.9 Å². The van der Waals surface area contributed by atoms with Crippen molar-refractivity contribution in [1.29, 1.82) is 0 Å². The third-order valence-electron chi connectivity index (χ3n) is 4.61. The molecule has 4 aromatic rings. The van der Waals surface area contributed by atoms with Gasteiger partial charge in [-0.1, -0.05) is 73.7 Å². The molecule has 0 aliphatic carbocycles. The molecule has 0 amide bonds. The van der Waals surface area contributed by atoms with Gasteiger partial charge in [0.15, 0.2) is 5.82 Å². The highest BCUT2D eigenvalue weighted by Crippen LogP contribution is 2.20. The average molecular weight is 327 g/mol. The van der Waals surface area contributed by atoms with Gasteiger partial charge in [0.2, 0.25) is 0 Å². The summed E-state index contributed by atoms with van der Waals surface area (Å²) < 4.78 is 0. The predicted molar refractivity (Wildman–Crippen MR) is 102 cm³/mol. The van der Waals surface area contributed by atoms with Gasteiger partial charge in [0.25, 0.3) is 0 Å². The first-order valence-electron chi connectivity index (χ1n) is 8.76. The molecule has 25 heavy (non-hydrogen) atoms. The van der Waals surface area contributed by atoms with Crippen LogP contribution in [0.2, 0.25) is 0 Å². The number of nitrogens with one attached hydrogen (secondary N) is 1. The van der Waals surface area contributed by atoms with Gasteiger partial charge >= 0.3 is 0 Å². The number of benzene rings is 3. The highest BCUT2D eigenvalue weighted by Gasteiger charge is 2.08. The van der Waals surface area contributed by atoms with Crippen LogP contribution in [0.3, 0.4) is 0 Å². The molecule has 124 valence electrons. The molecule has 0 aliphatic rings. The summed E-state index contributed by atoms with van der Waals surface area (Å²) in [5.41, 5.74) is 3.87. The maximum absolute atomic E-state index is 4.68. The molecular weight excluding hydrogens is 306 g/mol. The van der Waals surface area contributed by atoms with Crippen molar-refractivity contribution in [2.75, 3.05) is 0 Å². The van der Waals surface area contributed by atoms with Crippen molar-refractivity contribution in [2.45, 2.75) is 26.2 Å². The van der Waals surface area contributed by atoms with Gasteiger partial charge in [-0.05, 0) is 33.9 Å². The molecular formula is C22H21N3. The third-order valence-corrected chi connectivity index (χ3v) is 4.61. The first-order valence-corrected chi connectivity index (χ1v) is 8.76. The summed E-state index contributed by atoms with van der Waals surface area (Å²) in [6.45, 7) is 2.17. The van der Waals surface area contributed by atoms with E-state index in [2.05, 4.69) is 88.8 Å². The van der Waals surface area contributed by atoms with Crippen molar-refractivity contribution >= 4 is 10.8 Å². The van der Waals surface area contributed by atoms with Crippen LogP contribution in [-0.2, 0) is 19.3 Å². The van der Waals surface area contributed by atoms with E-state index in [1.54, 1.807) is 0 Å². The smallest absolute Gasteiger partial charge is 0.155 e. The van der Waals surface area contributed by atoms with Crippen molar-refractivity contribution in [2.24, 2.45) is 0 Å². The van der Waals surface area contributed by atoms with Crippen LogP contribution < -0.4 is 0 Å². The Balaban J connectivity index is 1.52. The summed E-state index contributed by atoms with van der Waals surface area (Å²) in [7, 11) is 0. The minimum absolute atomic E-state index is 0.743. The second-order valence-electron chi connectivity index (χ2n) is 6.36. The first-order chi connectivity index (χ1) is 12.3. The van der Waals surface area contributed by atoms with Crippen LogP contribution in [0.4, 0.5) is 0 Å². The van der Waals surface area contributed by atoms with E-state index in [9.17, 15) is 0 Å². The van der Waals surface area contributed by atoms with E-state index in [0.29, 0.717) is 0 Å². The molecule has 3 heteroatoms. The number of H-pyrrole nitrogens is 1. The van der Waals surface area contributed by atoms with Crippen LogP contribution in [0.25, 0.3) is 10.8 Å². The van der Waals surface area contributed by atoms with Crippen LogP contribution in [0.5, 0.6) is 0 Å². The number of rotatable bonds is 5. The van der Waals surface area contributed by atoms with Gasteiger partial charge in [-0.25, -0.2) is 4.98 Å². The van der Waals surface area contributed by atoms with Crippen molar-refractivity contribution in [3.8, 4) is 0 Å². The monoisotopic (exact) mass is 327 g/mol. The van der Waals surface area contributed by atoms with E-state index in [1.165, 1.54) is 27.5 Å². The third kappa shape index (κ3) is 3.45. The quantitative estimate of drug-likeness (QED) is 0.577. The lowest BCUT2D eigenvalue weighted by atomic mass is 10.0. The fourth-order valence-electron chi connectivity index (χ4n) is 3.20. The largest absolute Gasteiger partial charge is 0.263 e. The van der Waals surface area contributed by atoms with Gasteiger partial charge in [-0.2, -0.15) is 5.10 Å². The summed E-state index contributed by atoms with van der Waals surface area (Å²) in [6.07, 6.45) is 2.59. The lowest BCUT2D eigenvalue weighted by Gasteiger charge is -2.04. The van der Waals surface area contributed by atoms with Crippen LogP contribution in [-0.4, -0.2) is 15.2 Å². The number of hydrogen-bond donors (Lipinski definition) is 1. The zero-order valence-electron chi connectivity index (χ0n) is 14.4. The first kappa shape index (κ1) is 15.6. The minimum Gasteiger partial charge on any atom is -0.263 e. The average Bonchev–Trinajstić information content (AvgIpc) is 3.09. The molecule has 1 heterocycles. The Hall–Kier alpha value is -2.94. The Kier molecular flexibility index (Phi) is 4.30. The van der Waals surface area contributed by atoms with Crippen molar-refractivity contribution in [3.63, 3.8) is 0 Å². The number of aromatic nitrogens is 3. The lowest BCUT2D eigenvalue weighted by Crippen LogP contribution is -1.94. The topological polar surface area (TPSA) is 41.6 Å². The van der Waals surface area contributed by atoms with E-state index in [-0.39, 0.29) is 0 Å². The van der Waals surface area contributed by atoms with Gasteiger partial charge in [-0.15, -0.1) is 0 Å². The van der Waals surface area contributed by atoms with Gasteiger partial charge < -0.3 is 0 Å². The fourth-order valence-corrected chi connectivity index (χ4v) is 3.20. The molecule has 0 radical (unpaired) electrons. The maximum atomic E-state index is 4.68. The molecule has 0 saturated heterocycles. The summed E-state index contributed by atoms with van der Waals surface area (Å²) in [6, 6.07) is 23.6. The second kappa shape index (κ2) is 6.89. The van der Waals surface area contributed by atoms with E-state index < -0.39 is 0 Å². The fraction of sp³-hybridized carbons (Fsp3) is 0.182. The summed E-state index contributed by atoms with van der Waals surface area (Å²) >= 11 is 0. The predicted octanol–water partition coefficient (Wildman–Crippen LogP) is 4.70. The van der Waals surface area contributed by atoms with Gasteiger partial charge in [0.1, 0.15) is 5.82 Å². The van der Waals surface area contributed by atoms with Crippen LogP contribution in [0, 0.1) is 0 Å². The molecule has 0 atom stereocenters. The molecule has 1 N–H and O–H groups in total. The van der Waals surface area contributed by atoms with Crippen LogP contribution in [0.15, 0.2) is 66.7 Å². The number of aromatic amines is 1. The van der Waals surface area contributed by atoms with Crippen LogP contribution >= 0.6 is 0 Å². The van der Waals surface area contributed by atoms with Crippen molar-refractivity contribution < 1.29 is 0 Å². The Morgan fingerprint density at radius 3 is 2.40 bits per heavy atom. The van der Waals surface area contributed by atoms with Gasteiger partial charge in [-0.3, -0.25) is 5.10 Å². The van der Waals surface area contributed by atoms with E-state index in [1.807, 2.05) is 0 Å². The van der Waals surface area contributed by atoms with E-state index >= 15 is 0 Å². The standard InChI is InChI=1S/C22H21N3/c1-2-16-10-12-17(13-11-16)14-21-23-22(25-24-21)15-19-8-5-7-18-6-3-4-9-20(18)19/h3-13H,2,14-15H2,1H3,(H,23,24,25). The van der Waals surface area contributed by atoms with Crippen LogP contribution in [0.1, 0.15) is 35.3 Å². The Morgan fingerprint density at radius 2 is 1.56 bits per heavy atom. The molecule has 0 saturated carbocycles. The molecule has 3 nitrogen and oxygen atoms in total. The number of aryl methyl sites for hydroxylation is 1. The highest BCUT2D eigenvalue weighted by atomic mass is 15.2.